The molecule has 0 aromatic heterocycles. The lowest BCUT2D eigenvalue weighted by Gasteiger charge is -2.13. The molecule has 0 unspecified atom stereocenters. The molecule has 0 fully saturated rings. The van der Waals surface area contributed by atoms with Gasteiger partial charge in [0.05, 0.1) is 0 Å². The van der Waals surface area contributed by atoms with E-state index in [4.69, 9.17) is 11.2 Å². The van der Waals surface area contributed by atoms with Gasteiger partial charge >= 0.3 is 0 Å². The Morgan fingerprint density at radius 3 is 1.83 bits per heavy atom. The minimum absolute atomic E-state index is 0.784. The van der Waals surface area contributed by atoms with Gasteiger partial charge in [-0.15, -0.1) is 6.42 Å². The molecule has 0 radical (unpaired) electrons. The van der Waals surface area contributed by atoms with Crippen molar-refractivity contribution in [2.24, 2.45) is 0 Å². The van der Waals surface area contributed by atoms with Crippen LogP contribution in [0, 0.1) is 12.3 Å². The first-order chi connectivity index (χ1) is 8.69. The molecule has 2 aromatic carbocycles. The van der Waals surface area contributed by atoms with Crippen molar-refractivity contribution >= 4 is 5.69 Å². The lowest BCUT2D eigenvalue weighted by Crippen LogP contribution is -2.07. The number of hydrogen-bond donors (Lipinski definition) is 0. The number of anilines is 1. The molecule has 0 bridgehead atoms. The SMILES string of the molecule is C#Cc1ccc(Oc2ccc(N(C)C)cc2)cc1. The van der Waals surface area contributed by atoms with Crippen LogP contribution in [0.3, 0.4) is 0 Å². The van der Waals surface area contributed by atoms with Crippen molar-refractivity contribution in [1.29, 1.82) is 0 Å². The average Bonchev–Trinajstić information content (AvgIpc) is 2.40. The third-order valence-corrected chi connectivity index (χ3v) is 2.61. The van der Waals surface area contributed by atoms with Crippen LogP contribution in [0.5, 0.6) is 11.5 Å². The highest BCUT2D eigenvalue weighted by Crippen LogP contribution is 2.23. The molecule has 0 heterocycles. The summed E-state index contributed by atoms with van der Waals surface area (Å²) in [5.74, 6) is 4.17. The van der Waals surface area contributed by atoms with Gasteiger partial charge in [-0.05, 0) is 48.5 Å². The van der Waals surface area contributed by atoms with Gasteiger partial charge in [0, 0.05) is 25.3 Å². The fourth-order valence-electron chi connectivity index (χ4n) is 1.57. The molecule has 0 aliphatic heterocycles. The molecule has 0 saturated heterocycles. The smallest absolute Gasteiger partial charge is 0.127 e. The Morgan fingerprint density at radius 2 is 1.39 bits per heavy atom. The maximum Gasteiger partial charge on any atom is 0.127 e. The summed E-state index contributed by atoms with van der Waals surface area (Å²) in [6, 6.07) is 15.4. The van der Waals surface area contributed by atoms with E-state index in [0.29, 0.717) is 0 Å². The topological polar surface area (TPSA) is 12.5 Å². The summed E-state index contributed by atoms with van der Waals surface area (Å²) in [6.07, 6.45) is 5.30. The Labute approximate surface area is 108 Å². The standard InChI is InChI=1S/C16H15NO/c1-4-13-5-9-15(10-6-13)18-16-11-7-14(8-12-16)17(2)3/h1,5-12H,2-3H3. The number of ether oxygens (including phenoxy) is 1. The Hall–Kier alpha value is -2.40. The second-order valence-corrected chi connectivity index (χ2v) is 4.16. The van der Waals surface area contributed by atoms with Gasteiger partial charge in [-0.25, -0.2) is 0 Å². The quantitative estimate of drug-likeness (QED) is 0.757. The molecule has 90 valence electrons. The van der Waals surface area contributed by atoms with Crippen molar-refractivity contribution in [3.63, 3.8) is 0 Å². The first kappa shape index (κ1) is 12.1. The molecule has 2 aromatic rings. The molecule has 0 spiro atoms. The summed E-state index contributed by atoms with van der Waals surface area (Å²) >= 11 is 0. The van der Waals surface area contributed by atoms with Gasteiger partial charge in [-0.2, -0.15) is 0 Å². The zero-order valence-corrected chi connectivity index (χ0v) is 10.6. The van der Waals surface area contributed by atoms with Crippen LogP contribution in [-0.4, -0.2) is 14.1 Å². The minimum Gasteiger partial charge on any atom is -0.457 e. The summed E-state index contributed by atoms with van der Waals surface area (Å²) in [5, 5.41) is 0. The van der Waals surface area contributed by atoms with E-state index in [2.05, 4.69) is 5.92 Å². The molecule has 2 rings (SSSR count). The Bertz CT molecular complexity index is 547. The lowest BCUT2D eigenvalue weighted by atomic mass is 10.2. The minimum atomic E-state index is 0.784. The van der Waals surface area contributed by atoms with Crippen LogP contribution in [0.4, 0.5) is 5.69 Å². The van der Waals surface area contributed by atoms with E-state index in [1.54, 1.807) is 0 Å². The fraction of sp³-hybridized carbons (Fsp3) is 0.125. The monoisotopic (exact) mass is 237 g/mol. The predicted octanol–water partition coefficient (Wildman–Crippen LogP) is 3.53. The lowest BCUT2D eigenvalue weighted by molar-refractivity contribution is 0.482. The van der Waals surface area contributed by atoms with Gasteiger partial charge in [0.25, 0.3) is 0 Å². The molecule has 0 N–H and O–H groups in total. The van der Waals surface area contributed by atoms with Crippen molar-refractivity contribution in [2.75, 3.05) is 19.0 Å². The van der Waals surface area contributed by atoms with Crippen LogP contribution in [0.2, 0.25) is 0 Å². The molecule has 2 heteroatoms. The van der Waals surface area contributed by atoms with Crippen molar-refractivity contribution < 1.29 is 4.74 Å². The zero-order chi connectivity index (χ0) is 13.0. The molecule has 18 heavy (non-hydrogen) atoms. The summed E-state index contributed by atoms with van der Waals surface area (Å²) in [4.78, 5) is 2.05. The Morgan fingerprint density at radius 1 is 0.889 bits per heavy atom. The van der Waals surface area contributed by atoms with Crippen LogP contribution in [0.15, 0.2) is 48.5 Å². The van der Waals surface area contributed by atoms with E-state index in [0.717, 1.165) is 22.7 Å². The Kier molecular flexibility index (Phi) is 3.54. The van der Waals surface area contributed by atoms with E-state index < -0.39 is 0 Å². The normalized spacial score (nSPS) is 9.61. The van der Waals surface area contributed by atoms with E-state index in [1.807, 2.05) is 67.5 Å². The van der Waals surface area contributed by atoms with Gasteiger partial charge in [0.1, 0.15) is 11.5 Å². The molecule has 2 nitrogen and oxygen atoms in total. The summed E-state index contributed by atoms with van der Waals surface area (Å²) in [7, 11) is 4.02. The van der Waals surface area contributed by atoms with Crippen molar-refractivity contribution in [3.8, 4) is 23.8 Å². The average molecular weight is 237 g/mol. The van der Waals surface area contributed by atoms with E-state index >= 15 is 0 Å². The van der Waals surface area contributed by atoms with Crippen molar-refractivity contribution in [3.05, 3.63) is 54.1 Å². The van der Waals surface area contributed by atoms with E-state index in [1.165, 1.54) is 0 Å². The van der Waals surface area contributed by atoms with Gasteiger partial charge in [0.2, 0.25) is 0 Å². The first-order valence-electron chi connectivity index (χ1n) is 5.71. The molecule has 0 aliphatic rings. The van der Waals surface area contributed by atoms with Crippen molar-refractivity contribution in [2.45, 2.75) is 0 Å². The summed E-state index contributed by atoms with van der Waals surface area (Å²) in [6.45, 7) is 0. The second-order valence-electron chi connectivity index (χ2n) is 4.16. The number of nitrogens with zero attached hydrogens (tertiary/aromatic N) is 1. The van der Waals surface area contributed by atoms with Crippen LogP contribution >= 0.6 is 0 Å². The molecular weight excluding hydrogens is 222 g/mol. The van der Waals surface area contributed by atoms with E-state index in [-0.39, 0.29) is 0 Å². The number of terminal acetylenes is 1. The highest BCUT2D eigenvalue weighted by molar-refractivity contribution is 5.48. The van der Waals surface area contributed by atoms with Crippen molar-refractivity contribution in [1.82, 2.24) is 0 Å². The molecule has 0 atom stereocenters. The first-order valence-corrected chi connectivity index (χ1v) is 5.71. The van der Waals surface area contributed by atoms with Gasteiger partial charge in [-0.1, -0.05) is 5.92 Å². The molecule has 0 aliphatic carbocycles. The van der Waals surface area contributed by atoms with Crippen LogP contribution in [0.25, 0.3) is 0 Å². The summed E-state index contributed by atoms with van der Waals surface area (Å²) < 4.78 is 5.73. The summed E-state index contributed by atoms with van der Waals surface area (Å²) in [5.41, 5.74) is 2.00. The predicted molar refractivity (Wildman–Crippen MR) is 75.2 cm³/mol. The van der Waals surface area contributed by atoms with Gasteiger partial charge in [-0.3, -0.25) is 0 Å². The molecule has 0 amide bonds. The fourth-order valence-corrected chi connectivity index (χ4v) is 1.57. The zero-order valence-electron chi connectivity index (χ0n) is 10.6. The number of rotatable bonds is 3. The third-order valence-electron chi connectivity index (χ3n) is 2.61. The maximum absolute atomic E-state index is 5.73. The number of hydrogen-bond acceptors (Lipinski definition) is 2. The van der Waals surface area contributed by atoms with Crippen LogP contribution in [0.1, 0.15) is 5.56 Å². The van der Waals surface area contributed by atoms with Crippen LogP contribution in [-0.2, 0) is 0 Å². The van der Waals surface area contributed by atoms with Crippen LogP contribution < -0.4 is 9.64 Å². The Balaban J connectivity index is 2.11. The third kappa shape index (κ3) is 2.83. The molecule has 0 saturated carbocycles. The highest BCUT2D eigenvalue weighted by atomic mass is 16.5. The number of benzene rings is 2. The largest absolute Gasteiger partial charge is 0.457 e. The highest BCUT2D eigenvalue weighted by Gasteiger charge is 1.99. The second kappa shape index (κ2) is 5.29. The van der Waals surface area contributed by atoms with Gasteiger partial charge in [0.15, 0.2) is 0 Å². The maximum atomic E-state index is 5.73. The van der Waals surface area contributed by atoms with E-state index in [9.17, 15) is 0 Å². The van der Waals surface area contributed by atoms with Gasteiger partial charge < -0.3 is 9.64 Å². The molecular formula is C16H15NO.